The van der Waals surface area contributed by atoms with Crippen LogP contribution in [0.4, 0.5) is 11.4 Å². The van der Waals surface area contributed by atoms with Crippen LogP contribution in [0.5, 0.6) is 0 Å². The van der Waals surface area contributed by atoms with Gasteiger partial charge in [-0.3, -0.25) is 18.8 Å². The Balaban J connectivity index is 1.45. The predicted octanol–water partition coefficient (Wildman–Crippen LogP) is 2.09. The fourth-order valence-corrected chi connectivity index (χ4v) is 5.44. The van der Waals surface area contributed by atoms with Crippen molar-refractivity contribution in [2.75, 3.05) is 36.4 Å². The summed E-state index contributed by atoms with van der Waals surface area (Å²) in [6.07, 6.45) is 1.69. The van der Waals surface area contributed by atoms with Crippen molar-refractivity contribution >= 4 is 33.3 Å². The molecule has 0 aromatic heterocycles. The Morgan fingerprint density at radius 1 is 1.16 bits per heavy atom. The van der Waals surface area contributed by atoms with Crippen molar-refractivity contribution in [1.29, 1.82) is 0 Å². The van der Waals surface area contributed by atoms with E-state index in [0.717, 1.165) is 12.8 Å². The van der Waals surface area contributed by atoms with Gasteiger partial charge in [-0.15, -0.1) is 0 Å². The van der Waals surface area contributed by atoms with Crippen LogP contribution in [0.1, 0.15) is 12.8 Å². The van der Waals surface area contributed by atoms with E-state index in [1.54, 1.807) is 36.4 Å². The molecule has 0 radical (unpaired) electrons. The lowest BCUT2D eigenvalue weighted by atomic mass is 9.95. The standard InChI is InChI=1S/C22H25N3O5S/c1-24(18-7-3-2-4-8-18)31(28,29)19-9-5-6-17(14-19)23-20(26)15-25-12-10-16-11-13-30-22(27)21(16)25/h2-9,14,16,21H,10-13,15H2,1H3,(H,23,26)/t16-,21-/m1/s1. The molecule has 4 rings (SSSR count). The average Bonchev–Trinajstić information content (AvgIpc) is 3.18. The molecule has 1 N–H and O–H groups in total. The van der Waals surface area contributed by atoms with Gasteiger partial charge in [-0.2, -0.15) is 0 Å². The van der Waals surface area contributed by atoms with E-state index in [4.69, 9.17) is 4.74 Å². The number of rotatable bonds is 6. The van der Waals surface area contributed by atoms with Crippen LogP contribution in [-0.2, 0) is 24.3 Å². The Morgan fingerprint density at radius 3 is 2.71 bits per heavy atom. The van der Waals surface area contributed by atoms with E-state index < -0.39 is 10.0 Å². The first-order valence-electron chi connectivity index (χ1n) is 10.2. The molecule has 2 heterocycles. The summed E-state index contributed by atoms with van der Waals surface area (Å²) in [6, 6.07) is 14.6. The SMILES string of the molecule is CN(c1ccccc1)S(=O)(=O)c1cccc(NC(=O)CN2CC[C@@H]3CCOC(=O)[C@@H]32)c1. The molecular formula is C22H25N3O5S. The monoisotopic (exact) mass is 443 g/mol. The zero-order chi connectivity index (χ0) is 22.0. The highest BCUT2D eigenvalue weighted by atomic mass is 32.2. The number of nitrogens with one attached hydrogen (secondary N) is 1. The quantitative estimate of drug-likeness (QED) is 0.687. The number of sulfonamides is 1. The Morgan fingerprint density at radius 2 is 1.94 bits per heavy atom. The first-order valence-corrected chi connectivity index (χ1v) is 11.6. The lowest BCUT2D eigenvalue weighted by Gasteiger charge is -2.29. The van der Waals surface area contributed by atoms with E-state index in [0.29, 0.717) is 24.5 Å². The third-order valence-electron chi connectivity index (χ3n) is 5.84. The first kappa shape index (κ1) is 21.3. The van der Waals surface area contributed by atoms with Crippen LogP contribution < -0.4 is 9.62 Å². The van der Waals surface area contributed by atoms with Gasteiger partial charge in [-0.05, 0) is 55.6 Å². The molecule has 2 aromatic carbocycles. The number of hydrogen-bond donors (Lipinski definition) is 1. The van der Waals surface area contributed by atoms with E-state index in [2.05, 4.69) is 5.32 Å². The van der Waals surface area contributed by atoms with Crippen LogP contribution in [0, 0.1) is 5.92 Å². The Kier molecular flexibility index (Phi) is 5.97. The molecular weight excluding hydrogens is 418 g/mol. The second-order valence-corrected chi connectivity index (χ2v) is 9.77. The molecule has 0 aliphatic carbocycles. The van der Waals surface area contributed by atoms with E-state index in [1.807, 2.05) is 11.0 Å². The zero-order valence-corrected chi connectivity index (χ0v) is 18.0. The van der Waals surface area contributed by atoms with Gasteiger partial charge >= 0.3 is 5.97 Å². The van der Waals surface area contributed by atoms with Crippen molar-refractivity contribution in [3.63, 3.8) is 0 Å². The average molecular weight is 444 g/mol. The maximum Gasteiger partial charge on any atom is 0.323 e. The third kappa shape index (κ3) is 4.42. The fraction of sp³-hybridized carbons (Fsp3) is 0.364. The summed E-state index contributed by atoms with van der Waals surface area (Å²) in [7, 11) is -2.30. The molecule has 0 saturated carbocycles. The number of carbonyl (C=O) groups is 2. The van der Waals surface area contributed by atoms with Gasteiger partial charge in [0, 0.05) is 12.7 Å². The zero-order valence-electron chi connectivity index (χ0n) is 17.2. The molecule has 2 saturated heterocycles. The molecule has 2 fully saturated rings. The number of anilines is 2. The Hall–Kier alpha value is -2.91. The fourth-order valence-electron chi connectivity index (χ4n) is 4.20. The number of likely N-dealkylation sites (tertiary alicyclic amines) is 1. The van der Waals surface area contributed by atoms with Crippen LogP contribution >= 0.6 is 0 Å². The van der Waals surface area contributed by atoms with Crippen LogP contribution in [0.25, 0.3) is 0 Å². The van der Waals surface area contributed by atoms with Crippen LogP contribution in [-0.4, -0.2) is 58.0 Å². The van der Waals surface area contributed by atoms with Gasteiger partial charge in [0.1, 0.15) is 6.04 Å². The van der Waals surface area contributed by atoms with Gasteiger partial charge in [0.2, 0.25) is 5.91 Å². The van der Waals surface area contributed by atoms with Gasteiger partial charge in [0.15, 0.2) is 0 Å². The second kappa shape index (κ2) is 8.68. The summed E-state index contributed by atoms with van der Waals surface area (Å²) in [4.78, 5) is 26.6. The molecule has 0 spiro atoms. The number of para-hydroxylation sites is 1. The first-order chi connectivity index (χ1) is 14.9. The summed E-state index contributed by atoms with van der Waals surface area (Å²) in [5, 5.41) is 2.75. The number of hydrogen-bond acceptors (Lipinski definition) is 6. The number of esters is 1. The molecule has 8 nitrogen and oxygen atoms in total. The minimum absolute atomic E-state index is 0.0527. The summed E-state index contributed by atoms with van der Waals surface area (Å²) >= 11 is 0. The molecule has 1 amide bonds. The van der Waals surface area contributed by atoms with E-state index in [9.17, 15) is 18.0 Å². The Bertz CT molecular complexity index is 1070. The van der Waals surface area contributed by atoms with Crippen molar-refractivity contribution in [1.82, 2.24) is 4.90 Å². The van der Waals surface area contributed by atoms with Crippen LogP contribution in [0.3, 0.4) is 0 Å². The maximum absolute atomic E-state index is 13.0. The van der Waals surface area contributed by atoms with Gasteiger partial charge in [-0.1, -0.05) is 24.3 Å². The molecule has 0 bridgehead atoms. The van der Waals surface area contributed by atoms with Gasteiger partial charge in [-0.25, -0.2) is 8.42 Å². The molecule has 164 valence electrons. The minimum Gasteiger partial charge on any atom is -0.465 e. The summed E-state index contributed by atoms with van der Waals surface area (Å²) < 4.78 is 32.3. The van der Waals surface area contributed by atoms with E-state index >= 15 is 0 Å². The molecule has 2 aliphatic heterocycles. The molecule has 2 aliphatic rings. The topological polar surface area (TPSA) is 96.0 Å². The van der Waals surface area contributed by atoms with Crippen molar-refractivity contribution in [2.45, 2.75) is 23.8 Å². The predicted molar refractivity (Wildman–Crippen MR) is 116 cm³/mol. The van der Waals surface area contributed by atoms with Crippen LogP contribution in [0.2, 0.25) is 0 Å². The van der Waals surface area contributed by atoms with Gasteiger partial charge in [0.05, 0.1) is 23.7 Å². The van der Waals surface area contributed by atoms with Crippen molar-refractivity contribution in [2.24, 2.45) is 5.92 Å². The van der Waals surface area contributed by atoms with Gasteiger partial charge in [0.25, 0.3) is 10.0 Å². The van der Waals surface area contributed by atoms with E-state index in [-0.39, 0.29) is 35.3 Å². The molecule has 2 aromatic rings. The highest BCUT2D eigenvalue weighted by Crippen LogP contribution is 2.31. The maximum atomic E-state index is 13.0. The molecule has 2 atom stereocenters. The third-order valence-corrected chi connectivity index (χ3v) is 7.63. The number of nitrogens with zero attached hydrogens (tertiary/aromatic N) is 2. The number of cyclic esters (lactones) is 1. The Labute approximate surface area is 181 Å². The molecule has 9 heteroatoms. The number of ether oxygens (including phenoxy) is 1. The van der Waals surface area contributed by atoms with Crippen molar-refractivity contribution in [3.05, 3.63) is 54.6 Å². The molecule has 31 heavy (non-hydrogen) atoms. The highest BCUT2D eigenvalue weighted by molar-refractivity contribution is 7.92. The largest absolute Gasteiger partial charge is 0.465 e. The number of carbonyl (C=O) groups excluding carboxylic acids is 2. The number of benzene rings is 2. The lowest BCUT2D eigenvalue weighted by molar-refractivity contribution is -0.155. The normalized spacial score (nSPS) is 21.3. The summed E-state index contributed by atoms with van der Waals surface area (Å²) in [5.74, 6) is -0.334. The van der Waals surface area contributed by atoms with Crippen molar-refractivity contribution in [3.8, 4) is 0 Å². The summed E-state index contributed by atoms with van der Waals surface area (Å²) in [6.45, 7) is 1.16. The second-order valence-electron chi connectivity index (χ2n) is 7.80. The smallest absolute Gasteiger partial charge is 0.323 e. The van der Waals surface area contributed by atoms with E-state index in [1.165, 1.54) is 23.5 Å². The van der Waals surface area contributed by atoms with Gasteiger partial charge < -0.3 is 10.1 Å². The van der Waals surface area contributed by atoms with Crippen LogP contribution in [0.15, 0.2) is 59.5 Å². The number of fused-ring (bicyclic) bond motifs is 1. The molecule has 0 unspecified atom stereocenters. The number of amides is 1. The summed E-state index contributed by atoms with van der Waals surface area (Å²) in [5.41, 5.74) is 0.925. The minimum atomic E-state index is -3.79. The highest BCUT2D eigenvalue weighted by Gasteiger charge is 2.43. The van der Waals surface area contributed by atoms with Crippen molar-refractivity contribution < 1.29 is 22.7 Å². The lowest BCUT2D eigenvalue weighted by Crippen LogP contribution is -2.46.